The minimum Gasteiger partial charge on any atom is -0.296 e. The van der Waals surface area contributed by atoms with Crippen LogP contribution in [0, 0.1) is 0 Å². The lowest BCUT2D eigenvalue weighted by Crippen LogP contribution is -2.06. The zero-order valence-corrected chi connectivity index (χ0v) is 27.7. The predicted octanol–water partition coefficient (Wildman–Crippen LogP) is 11.1. The van der Waals surface area contributed by atoms with Crippen LogP contribution in [0.3, 0.4) is 0 Å². The highest BCUT2D eigenvalue weighted by molar-refractivity contribution is 6.16. The van der Waals surface area contributed by atoms with Gasteiger partial charge < -0.3 is 0 Å². The van der Waals surface area contributed by atoms with Crippen molar-refractivity contribution in [2.45, 2.75) is 6.42 Å². The summed E-state index contributed by atoms with van der Waals surface area (Å²) in [5.41, 5.74) is 11.2. The lowest BCUT2D eigenvalue weighted by atomic mass is 10.2. The summed E-state index contributed by atoms with van der Waals surface area (Å²) < 4.78 is 9.53. The second kappa shape index (κ2) is 10.8. The first-order chi connectivity index (χ1) is 25.3. The van der Waals surface area contributed by atoms with Crippen LogP contribution in [0.25, 0.3) is 83.9 Å². The lowest BCUT2D eigenvalue weighted by molar-refractivity contribution is 0.957. The number of allylic oxidation sites excluding steroid dienone is 3. The number of para-hydroxylation sites is 5. The molecule has 5 aromatic heterocycles. The van der Waals surface area contributed by atoms with Gasteiger partial charge in [0.15, 0.2) is 0 Å². The van der Waals surface area contributed by atoms with E-state index in [0.29, 0.717) is 0 Å². The Balaban J connectivity index is 1.27. The molecule has 240 valence electrons. The average Bonchev–Trinajstić information content (AvgIpc) is 3.87. The van der Waals surface area contributed by atoms with Gasteiger partial charge in [0.25, 0.3) is 0 Å². The van der Waals surface area contributed by atoms with Crippen molar-refractivity contribution in [2.24, 2.45) is 0 Å². The minimum absolute atomic E-state index is 0.868. The van der Waals surface area contributed by atoms with Crippen molar-refractivity contribution in [1.29, 1.82) is 0 Å². The van der Waals surface area contributed by atoms with Crippen LogP contribution < -0.4 is 0 Å². The third kappa shape index (κ3) is 4.06. The Hall–Kier alpha value is -6.85. The van der Waals surface area contributed by atoms with Gasteiger partial charge in [0, 0.05) is 32.9 Å². The largest absolute Gasteiger partial charge is 0.296 e. The molecule has 0 radical (unpaired) electrons. The zero-order chi connectivity index (χ0) is 33.5. The van der Waals surface area contributed by atoms with E-state index in [2.05, 4.69) is 194 Å². The molecule has 0 atom stereocenters. The number of fused-ring (bicyclic) bond motifs is 8. The van der Waals surface area contributed by atoms with Crippen molar-refractivity contribution in [3.63, 3.8) is 0 Å². The second-order valence-corrected chi connectivity index (χ2v) is 13.2. The quantitative estimate of drug-likeness (QED) is 0.186. The van der Waals surface area contributed by atoms with Crippen molar-refractivity contribution >= 4 is 60.9 Å². The Morgan fingerprint density at radius 1 is 0.451 bits per heavy atom. The van der Waals surface area contributed by atoms with E-state index in [4.69, 9.17) is 4.98 Å². The summed E-state index contributed by atoms with van der Waals surface area (Å²) in [6, 6.07) is 54.4. The minimum atomic E-state index is 0.868. The first-order valence-electron chi connectivity index (χ1n) is 17.5. The fourth-order valence-corrected chi connectivity index (χ4v) is 8.21. The Bertz CT molecular complexity index is 3040. The van der Waals surface area contributed by atoms with Crippen molar-refractivity contribution in [1.82, 2.24) is 23.3 Å². The highest BCUT2D eigenvalue weighted by Gasteiger charge is 2.25. The normalized spacial score (nSPS) is 12.9. The second-order valence-electron chi connectivity index (χ2n) is 13.2. The summed E-state index contributed by atoms with van der Waals surface area (Å²) in [5, 5.41) is 4.61. The van der Waals surface area contributed by atoms with Gasteiger partial charge in [-0.05, 0) is 78.7 Å². The van der Waals surface area contributed by atoms with Gasteiger partial charge in [0.2, 0.25) is 0 Å². The standard InChI is InChI=1S/C46H31N5/c1-4-16-31-29-44(49(38(31)24-9-1)34-20-7-3-8-21-34)51-40-26-14-11-22-35(40)37-30-42-45(47-46(37)51)36-23-12-15-27-41(36)50(42)43-28-32-17-10-13-25-39(32)48(43)33-18-5-2-6-19-33/h1-15,17-30H,16H2. The van der Waals surface area contributed by atoms with E-state index >= 15 is 0 Å². The highest BCUT2D eigenvalue weighted by Crippen LogP contribution is 2.40. The number of rotatable bonds is 4. The predicted molar refractivity (Wildman–Crippen MR) is 211 cm³/mol. The Kier molecular flexibility index (Phi) is 5.95. The fourth-order valence-electron chi connectivity index (χ4n) is 8.21. The van der Waals surface area contributed by atoms with Crippen LogP contribution in [-0.2, 0) is 6.42 Å². The van der Waals surface area contributed by atoms with Crippen molar-refractivity contribution in [3.05, 3.63) is 181 Å². The number of nitrogens with zero attached hydrogens (tertiary/aromatic N) is 5. The maximum atomic E-state index is 5.67. The van der Waals surface area contributed by atoms with Gasteiger partial charge in [-0.1, -0.05) is 109 Å². The van der Waals surface area contributed by atoms with E-state index in [1.807, 2.05) is 0 Å². The number of aromatic nitrogens is 5. The summed E-state index contributed by atoms with van der Waals surface area (Å²) in [4.78, 5) is 5.67. The van der Waals surface area contributed by atoms with Crippen molar-refractivity contribution in [2.75, 3.05) is 0 Å². The van der Waals surface area contributed by atoms with Crippen LogP contribution in [0.4, 0.5) is 0 Å². The first kappa shape index (κ1) is 28.0. The van der Waals surface area contributed by atoms with Gasteiger partial charge in [-0.15, -0.1) is 0 Å². The highest BCUT2D eigenvalue weighted by atomic mass is 15.2. The molecule has 0 amide bonds. The van der Waals surface area contributed by atoms with E-state index in [0.717, 1.165) is 67.9 Å². The number of benzene rings is 5. The maximum Gasteiger partial charge on any atom is 0.147 e. The van der Waals surface area contributed by atoms with Crippen molar-refractivity contribution in [3.8, 4) is 23.0 Å². The van der Waals surface area contributed by atoms with Gasteiger partial charge in [0.1, 0.15) is 17.3 Å². The van der Waals surface area contributed by atoms with Crippen LogP contribution in [-0.4, -0.2) is 23.3 Å². The monoisotopic (exact) mass is 653 g/mol. The van der Waals surface area contributed by atoms with Gasteiger partial charge in [-0.25, -0.2) is 4.98 Å². The van der Waals surface area contributed by atoms with Crippen LogP contribution in [0.1, 0.15) is 11.3 Å². The van der Waals surface area contributed by atoms with Gasteiger partial charge in [0.05, 0.1) is 33.3 Å². The molecule has 0 aliphatic heterocycles. The summed E-state index contributed by atoms with van der Waals surface area (Å²) in [6.07, 6.45) is 9.62. The summed E-state index contributed by atoms with van der Waals surface area (Å²) >= 11 is 0. The molecule has 1 aliphatic rings. The van der Waals surface area contributed by atoms with Crippen LogP contribution in [0.2, 0.25) is 0 Å². The van der Waals surface area contributed by atoms with Gasteiger partial charge in [-0.3, -0.25) is 18.3 Å². The third-order valence-electron chi connectivity index (χ3n) is 10.4. The Morgan fingerprint density at radius 2 is 1.08 bits per heavy atom. The molecular formula is C46H31N5. The molecule has 0 spiro atoms. The molecule has 11 rings (SSSR count). The topological polar surface area (TPSA) is 32.6 Å². The molecule has 1 aliphatic carbocycles. The van der Waals surface area contributed by atoms with E-state index in [-0.39, 0.29) is 0 Å². The first-order valence-corrected chi connectivity index (χ1v) is 17.5. The number of hydrogen-bond acceptors (Lipinski definition) is 1. The molecular weight excluding hydrogens is 623 g/mol. The maximum absolute atomic E-state index is 5.67. The summed E-state index contributed by atoms with van der Waals surface area (Å²) in [7, 11) is 0. The molecule has 5 nitrogen and oxygen atoms in total. The van der Waals surface area contributed by atoms with Crippen LogP contribution in [0.5, 0.6) is 0 Å². The average molecular weight is 654 g/mol. The molecule has 5 heterocycles. The van der Waals surface area contributed by atoms with Gasteiger partial charge >= 0.3 is 0 Å². The SMILES string of the molecule is C1=CCc2cc(-n3c4ccccc4c4cc5c(nc43)c3ccccc3n5-c3cc4ccccc4n3-c3ccccc3)n(-c3ccccc3)c2C=C1. The molecule has 10 aromatic rings. The molecule has 0 fully saturated rings. The van der Waals surface area contributed by atoms with E-state index in [9.17, 15) is 0 Å². The molecule has 0 saturated carbocycles. The molecule has 0 N–H and O–H groups in total. The molecule has 5 aromatic carbocycles. The molecule has 51 heavy (non-hydrogen) atoms. The lowest BCUT2D eigenvalue weighted by Gasteiger charge is -2.15. The summed E-state index contributed by atoms with van der Waals surface area (Å²) in [6.45, 7) is 0. The smallest absolute Gasteiger partial charge is 0.147 e. The molecule has 0 saturated heterocycles. The van der Waals surface area contributed by atoms with Gasteiger partial charge in [-0.2, -0.15) is 0 Å². The van der Waals surface area contributed by atoms with E-state index in [1.165, 1.54) is 27.5 Å². The Labute approximate surface area is 293 Å². The van der Waals surface area contributed by atoms with Crippen LogP contribution >= 0.6 is 0 Å². The molecule has 5 heteroatoms. The number of pyridine rings is 1. The fraction of sp³-hybridized carbons (Fsp3) is 0.0217. The molecule has 0 bridgehead atoms. The van der Waals surface area contributed by atoms with E-state index < -0.39 is 0 Å². The Morgan fingerprint density at radius 3 is 1.86 bits per heavy atom. The van der Waals surface area contributed by atoms with Crippen LogP contribution in [0.15, 0.2) is 170 Å². The molecule has 0 unspecified atom stereocenters. The van der Waals surface area contributed by atoms with E-state index in [1.54, 1.807) is 0 Å². The zero-order valence-electron chi connectivity index (χ0n) is 27.7. The summed E-state index contributed by atoms with van der Waals surface area (Å²) in [5.74, 6) is 2.16. The number of hydrogen-bond donors (Lipinski definition) is 0. The third-order valence-corrected chi connectivity index (χ3v) is 10.4. The van der Waals surface area contributed by atoms with Crippen molar-refractivity contribution < 1.29 is 0 Å².